The number of aryl methyl sites for hydroxylation is 1. The van der Waals surface area contributed by atoms with Gasteiger partial charge in [-0.2, -0.15) is 10.4 Å². The van der Waals surface area contributed by atoms with Crippen molar-refractivity contribution in [3.63, 3.8) is 0 Å². The molecule has 0 aromatic carbocycles. The Balaban J connectivity index is 1.61. The fraction of sp³-hybridized carbons (Fsp3) is 0.217. The number of nitriles is 1. The summed E-state index contributed by atoms with van der Waals surface area (Å²) in [5, 5.41) is 17.9. The number of piperazine rings is 1. The molecule has 31 heavy (non-hydrogen) atoms. The van der Waals surface area contributed by atoms with E-state index in [0.29, 0.717) is 22.3 Å². The zero-order valence-electron chi connectivity index (χ0n) is 17.1. The molecule has 0 saturated carbocycles. The van der Waals surface area contributed by atoms with Crippen LogP contribution in [0.15, 0.2) is 59.8 Å². The lowest BCUT2D eigenvalue weighted by molar-refractivity contribution is 0.585. The minimum atomic E-state index is -0.147. The van der Waals surface area contributed by atoms with E-state index >= 15 is 0 Å². The number of hydrogen-bond donors (Lipinski definition) is 1. The van der Waals surface area contributed by atoms with Gasteiger partial charge in [-0.05, 0) is 24.3 Å². The average molecular weight is 411 g/mol. The standard InChI is InChI=1S/C23H21N7O/c1-28-10-6-16(13-21(28)31)22-19(14-24)23-18(3-2-9-30(23)27-22)17-4-5-20(26-15-17)29-11-7-25-8-12-29/h2-6,9-10,13,15,25H,7-8,11-12H2,1H3. The maximum atomic E-state index is 12.1. The highest BCUT2D eigenvalue weighted by Gasteiger charge is 2.19. The Morgan fingerprint density at radius 3 is 2.65 bits per heavy atom. The first-order chi connectivity index (χ1) is 15.2. The van der Waals surface area contributed by atoms with Crippen LogP contribution in [0.4, 0.5) is 5.82 Å². The summed E-state index contributed by atoms with van der Waals surface area (Å²) in [7, 11) is 1.69. The molecule has 4 aromatic heterocycles. The number of aromatic nitrogens is 4. The van der Waals surface area contributed by atoms with Gasteiger partial charge in [-0.1, -0.05) is 6.07 Å². The third-order valence-corrected chi connectivity index (χ3v) is 5.65. The summed E-state index contributed by atoms with van der Waals surface area (Å²) in [5.41, 5.74) is 3.91. The van der Waals surface area contributed by atoms with Gasteiger partial charge >= 0.3 is 0 Å². The van der Waals surface area contributed by atoms with Crippen LogP contribution >= 0.6 is 0 Å². The van der Waals surface area contributed by atoms with Crippen molar-refractivity contribution in [1.82, 2.24) is 24.5 Å². The van der Waals surface area contributed by atoms with Crippen molar-refractivity contribution in [3.05, 3.63) is 70.9 Å². The third kappa shape index (κ3) is 3.35. The Morgan fingerprint density at radius 2 is 1.94 bits per heavy atom. The molecule has 1 aliphatic rings. The van der Waals surface area contributed by atoms with Crippen LogP contribution in [0.5, 0.6) is 0 Å². The van der Waals surface area contributed by atoms with E-state index in [1.54, 1.807) is 23.8 Å². The van der Waals surface area contributed by atoms with Crippen molar-refractivity contribution in [1.29, 1.82) is 5.26 Å². The van der Waals surface area contributed by atoms with Gasteiger partial charge in [0.2, 0.25) is 0 Å². The summed E-state index contributed by atoms with van der Waals surface area (Å²) < 4.78 is 3.19. The average Bonchev–Trinajstić information content (AvgIpc) is 3.20. The number of nitrogens with zero attached hydrogens (tertiary/aromatic N) is 6. The van der Waals surface area contributed by atoms with Gasteiger partial charge < -0.3 is 14.8 Å². The molecule has 0 amide bonds. The summed E-state index contributed by atoms with van der Waals surface area (Å²) in [5.74, 6) is 0.951. The third-order valence-electron chi connectivity index (χ3n) is 5.65. The molecule has 4 aromatic rings. The van der Waals surface area contributed by atoms with E-state index in [1.165, 1.54) is 10.6 Å². The van der Waals surface area contributed by atoms with Gasteiger partial charge in [0.15, 0.2) is 0 Å². The molecule has 0 spiro atoms. The van der Waals surface area contributed by atoms with Crippen molar-refractivity contribution in [2.75, 3.05) is 31.1 Å². The largest absolute Gasteiger partial charge is 0.354 e. The first-order valence-electron chi connectivity index (χ1n) is 10.2. The Bertz CT molecular complexity index is 1360. The Morgan fingerprint density at radius 1 is 1.10 bits per heavy atom. The van der Waals surface area contributed by atoms with Crippen molar-refractivity contribution in [3.8, 4) is 28.5 Å². The molecule has 0 radical (unpaired) electrons. The molecule has 0 bridgehead atoms. The van der Waals surface area contributed by atoms with Crippen LogP contribution in [0, 0.1) is 11.3 Å². The van der Waals surface area contributed by atoms with Crippen LogP contribution in [0.3, 0.4) is 0 Å². The molecule has 0 aliphatic carbocycles. The monoisotopic (exact) mass is 411 g/mol. The molecule has 5 rings (SSSR count). The molecular formula is C23H21N7O. The number of nitrogens with one attached hydrogen (secondary N) is 1. The molecule has 1 fully saturated rings. The predicted octanol–water partition coefficient (Wildman–Crippen LogP) is 2.04. The summed E-state index contributed by atoms with van der Waals surface area (Å²) in [6, 6.07) is 13.5. The van der Waals surface area contributed by atoms with Crippen molar-refractivity contribution in [2.24, 2.45) is 7.05 Å². The summed E-state index contributed by atoms with van der Waals surface area (Å²) in [6.07, 6.45) is 5.34. The van der Waals surface area contributed by atoms with Gasteiger partial charge in [-0.3, -0.25) is 4.79 Å². The SMILES string of the molecule is Cn1ccc(-c2nn3cccc(-c4ccc(N5CCNCC5)nc4)c3c2C#N)cc1=O. The van der Waals surface area contributed by atoms with Gasteiger partial charge in [0.05, 0.1) is 5.52 Å². The van der Waals surface area contributed by atoms with E-state index in [4.69, 9.17) is 0 Å². The number of fused-ring (bicyclic) bond motifs is 1. The Hall–Kier alpha value is -3.96. The minimum absolute atomic E-state index is 0.147. The van der Waals surface area contributed by atoms with E-state index < -0.39 is 0 Å². The van der Waals surface area contributed by atoms with Crippen LogP contribution in [0.1, 0.15) is 5.56 Å². The second-order valence-corrected chi connectivity index (χ2v) is 7.56. The molecule has 1 saturated heterocycles. The molecule has 8 heteroatoms. The predicted molar refractivity (Wildman–Crippen MR) is 119 cm³/mol. The van der Waals surface area contributed by atoms with E-state index in [0.717, 1.165) is 43.1 Å². The molecule has 154 valence electrons. The van der Waals surface area contributed by atoms with Crippen LogP contribution in [0.25, 0.3) is 27.9 Å². The van der Waals surface area contributed by atoms with Gasteiger partial charge in [-0.25, -0.2) is 9.50 Å². The highest BCUT2D eigenvalue weighted by Crippen LogP contribution is 2.32. The Kier molecular flexibility index (Phi) is 4.73. The van der Waals surface area contributed by atoms with Crippen LogP contribution in [-0.2, 0) is 7.05 Å². The normalized spacial score (nSPS) is 14.0. The fourth-order valence-corrected chi connectivity index (χ4v) is 3.96. The second-order valence-electron chi connectivity index (χ2n) is 7.56. The molecule has 8 nitrogen and oxygen atoms in total. The van der Waals surface area contributed by atoms with E-state index in [-0.39, 0.29) is 5.56 Å². The zero-order valence-corrected chi connectivity index (χ0v) is 17.1. The number of anilines is 1. The van der Waals surface area contributed by atoms with E-state index in [9.17, 15) is 10.1 Å². The molecular weight excluding hydrogens is 390 g/mol. The highest BCUT2D eigenvalue weighted by atomic mass is 16.1. The van der Waals surface area contributed by atoms with Gasteiger partial charge in [-0.15, -0.1) is 0 Å². The van der Waals surface area contributed by atoms with Gasteiger partial charge in [0, 0.05) is 74.6 Å². The lowest BCUT2D eigenvalue weighted by atomic mass is 10.0. The van der Waals surface area contributed by atoms with Gasteiger partial charge in [0.1, 0.15) is 23.1 Å². The molecule has 0 unspecified atom stereocenters. The Labute approximate surface area is 179 Å². The second kappa shape index (κ2) is 7.70. The smallest absolute Gasteiger partial charge is 0.250 e. The quantitative estimate of drug-likeness (QED) is 0.555. The van der Waals surface area contributed by atoms with Crippen LogP contribution < -0.4 is 15.8 Å². The molecule has 0 atom stereocenters. The first kappa shape index (κ1) is 19.0. The minimum Gasteiger partial charge on any atom is -0.354 e. The zero-order chi connectivity index (χ0) is 21.4. The lowest BCUT2D eigenvalue weighted by Crippen LogP contribution is -2.43. The van der Waals surface area contributed by atoms with Crippen molar-refractivity contribution in [2.45, 2.75) is 0 Å². The highest BCUT2D eigenvalue weighted by molar-refractivity contribution is 5.89. The van der Waals surface area contributed by atoms with Crippen molar-refractivity contribution < 1.29 is 0 Å². The van der Waals surface area contributed by atoms with Crippen molar-refractivity contribution >= 4 is 11.3 Å². The summed E-state index contributed by atoms with van der Waals surface area (Å²) in [6.45, 7) is 3.77. The lowest BCUT2D eigenvalue weighted by Gasteiger charge is -2.28. The summed E-state index contributed by atoms with van der Waals surface area (Å²) >= 11 is 0. The van der Waals surface area contributed by atoms with Gasteiger partial charge in [0.25, 0.3) is 5.56 Å². The molecule has 1 aliphatic heterocycles. The number of hydrogen-bond acceptors (Lipinski definition) is 6. The molecule has 5 heterocycles. The van der Waals surface area contributed by atoms with Crippen LogP contribution in [-0.4, -0.2) is 45.3 Å². The number of pyridine rings is 3. The maximum absolute atomic E-state index is 12.1. The fourth-order valence-electron chi connectivity index (χ4n) is 3.96. The van der Waals surface area contributed by atoms with E-state index in [2.05, 4.69) is 26.4 Å². The first-order valence-corrected chi connectivity index (χ1v) is 10.2. The van der Waals surface area contributed by atoms with E-state index in [1.807, 2.05) is 36.7 Å². The summed E-state index contributed by atoms with van der Waals surface area (Å²) in [4.78, 5) is 19.0. The maximum Gasteiger partial charge on any atom is 0.250 e. The topological polar surface area (TPSA) is 91.2 Å². The molecule has 1 N–H and O–H groups in total. The number of rotatable bonds is 3. The van der Waals surface area contributed by atoms with Crippen LogP contribution in [0.2, 0.25) is 0 Å².